The molecule has 2 aromatic rings. The van der Waals surface area contributed by atoms with Gasteiger partial charge in [0.15, 0.2) is 5.78 Å². The average molecular weight is 421 g/mol. The van der Waals surface area contributed by atoms with E-state index in [9.17, 15) is 9.59 Å². The Bertz CT molecular complexity index is 976. The van der Waals surface area contributed by atoms with E-state index >= 15 is 0 Å². The van der Waals surface area contributed by atoms with Crippen molar-refractivity contribution in [2.45, 2.75) is 32.5 Å². The molecule has 0 spiro atoms. The van der Waals surface area contributed by atoms with Gasteiger partial charge >= 0.3 is 0 Å². The van der Waals surface area contributed by atoms with Gasteiger partial charge in [-0.3, -0.25) is 19.7 Å². The van der Waals surface area contributed by atoms with Gasteiger partial charge < -0.3 is 5.32 Å². The Labute approximate surface area is 182 Å². The number of piperazine rings is 1. The number of nitrogens with one attached hydrogen (secondary N) is 2. The summed E-state index contributed by atoms with van der Waals surface area (Å²) in [7, 11) is 0. The number of carbonyl (C=O) groups excluding carboxylic acids is 2. The Hall–Kier alpha value is -3.13. The van der Waals surface area contributed by atoms with Crippen LogP contribution in [0.1, 0.15) is 41.2 Å². The van der Waals surface area contributed by atoms with Gasteiger partial charge in [-0.15, -0.1) is 0 Å². The number of rotatable bonds is 7. The van der Waals surface area contributed by atoms with Crippen molar-refractivity contribution in [2.24, 2.45) is 0 Å². The number of benzene rings is 1. The third-order valence-corrected chi connectivity index (χ3v) is 4.96. The predicted molar refractivity (Wildman–Crippen MR) is 120 cm³/mol. The Morgan fingerprint density at radius 1 is 1.10 bits per heavy atom. The second-order valence-electron chi connectivity index (χ2n) is 7.86. The van der Waals surface area contributed by atoms with Gasteiger partial charge in [-0.1, -0.05) is 24.3 Å². The lowest BCUT2D eigenvalue weighted by molar-refractivity contribution is -0.124. The molecule has 0 radical (unpaired) electrons. The first-order valence-corrected chi connectivity index (χ1v) is 10.3. The second-order valence-corrected chi connectivity index (χ2v) is 7.86. The lowest BCUT2D eigenvalue weighted by Crippen LogP contribution is -2.53. The first-order chi connectivity index (χ1) is 14.9. The number of hydrogen-bond donors (Lipinski definition) is 3. The van der Waals surface area contributed by atoms with Crippen LogP contribution < -0.4 is 10.8 Å². The van der Waals surface area contributed by atoms with Crippen LogP contribution in [0.2, 0.25) is 0 Å². The Morgan fingerprint density at radius 3 is 2.42 bits per heavy atom. The van der Waals surface area contributed by atoms with Crippen molar-refractivity contribution in [2.75, 3.05) is 13.1 Å². The van der Waals surface area contributed by atoms with Gasteiger partial charge in [0.1, 0.15) is 0 Å². The zero-order chi connectivity index (χ0) is 22.2. The predicted octanol–water partition coefficient (Wildman–Crippen LogP) is 2.68. The minimum Gasteiger partial charge on any atom is -0.309 e. The Balaban J connectivity index is 1.65. The maximum atomic E-state index is 12.7. The van der Waals surface area contributed by atoms with E-state index in [0.29, 0.717) is 29.0 Å². The summed E-state index contributed by atoms with van der Waals surface area (Å²) in [4.78, 5) is 30.5. The maximum Gasteiger partial charge on any atom is 0.267 e. The lowest BCUT2D eigenvalue weighted by Gasteiger charge is -2.36. The highest BCUT2D eigenvalue weighted by molar-refractivity contribution is 6.06. The smallest absolute Gasteiger partial charge is 0.267 e. The molecule has 0 unspecified atom stereocenters. The second kappa shape index (κ2) is 10.8. The van der Waals surface area contributed by atoms with Gasteiger partial charge in [-0.05, 0) is 55.8 Å². The fourth-order valence-corrected chi connectivity index (χ4v) is 3.76. The van der Waals surface area contributed by atoms with Crippen LogP contribution in [0.15, 0.2) is 54.6 Å². The van der Waals surface area contributed by atoms with Crippen molar-refractivity contribution in [3.63, 3.8) is 0 Å². The molecule has 1 aromatic heterocycles. The van der Waals surface area contributed by atoms with E-state index in [0.717, 1.165) is 25.2 Å². The summed E-state index contributed by atoms with van der Waals surface area (Å²) in [5.74, 6) is -0.728. The standard InChI is InChI=1S/C24H28N4O3/c1-17-14-28(15-18(2)25-17)16-19-5-3-6-20(13-19)23(29)11-9-21-7-4-8-22(26-21)10-12-24(30)27-31/h3-13,17-18,25,31H,14-16H2,1-2H3,(H,27,30)/b11-9+,12-10+/t17-,18+. The maximum absolute atomic E-state index is 12.7. The van der Waals surface area contributed by atoms with Crippen molar-refractivity contribution in [1.82, 2.24) is 20.7 Å². The van der Waals surface area contributed by atoms with Gasteiger partial charge in [0, 0.05) is 43.4 Å². The monoisotopic (exact) mass is 420 g/mol. The van der Waals surface area contributed by atoms with Crippen molar-refractivity contribution in [1.29, 1.82) is 0 Å². The molecular formula is C24H28N4O3. The normalized spacial score (nSPS) is 19.7. The number of hydrogen-bond acceptors (Lipinski definition) is 6. The number of aromatic nitrogens is 1. The van der Waals surface area contributed by atoms with Crippen LogP contribution in [0, 0.1) is 0 Å². The van der Waals surface area contributed by atoms with Gasteiger partial charge in [-0.2, -0.15) is 0 Å². The van der Waals surface area contributed by atoms with Gasteiger partial charge in [-0.25, -0.2) is 10.5 Å². The van der Waals surface area contributed by atoms with Crippen LogP contribution in [-0.4, -0.2) is 52.0 Å². The molecule has 1 fully saturated rings. The van der Waals surface area contributed by atoms with Crippen LogP contribution in [0.25, 0.3) is 12.2 Å². The molecule has 0 saturated carbocycles. The molecule has 31 heavy (non-hydrogen) atoms. The van der Waals surface area contributed by atoms with E-state index in [1.807, 2.05) is 18.2 Å². The summed E-state index contributed by atoms with van der Waals surface area (Å²) >= 11 is 0. The molecule has 2 heterocycles. The Kier molecular flexibility index (Phi) is 7.83. The highest BCUT2D eigenvalue weighted by Crippen LogP contribution is 2.13. The minimum atomic E-state index is -0.637. The number of pyridine rings is 1. The molecule has 0 bridgehead atoms. The van der Waals surface area contributed by atoms with E-state index in [1.54, 1.807) is 24.3 Å². The largest absolute Gasteiger partial charge is 0.309 e. The topological polar surface area (TPSA) is 94.6 Å². The van der Waals surface area contributed by atoms with Crippen molar-refractivity contribution < 1.29 is 14.8 Å². The van der Waals surface area contributed by atoms with Crippen LogP contribution in [-0.2, 0) is 11.3 Å². The molecule has 7 heteroatoms. The summed E-state index contributed by atoms with van der Waals surface area (Å²) in [5, 5.41) is 12.1. The van der Waals surface area contributed by atoms with E-state index in [1.165, 1.54) is 23.7 Å². The lowest BCUT2D eigenvalue weighted by atomic mass is 10.0. The number of ketones is 1. The number of amides is 1. The molecule has 1 aliphatic heterocycles. The van der Waals surface area contributed by atoms with Crippen molar-refractivity contribution >= 4 is 23.8 Å². The molecule has 3 N–H and O–H groups in total. The SMILES string of the molecule is C[C@@H]1CN(Cc2cccc(C(=O)/C=C/c3cccc(/C=C/C(=O)NO)n3)c2)C[C@H](C)N1. The Morgan fingerprint density at radius 2 is 1.74 bits per heavy atom. The van der Waals surface area contributed by atoms with Gasteiger partial charge in [0.2, 0.25) is 0 Å². The first kappa shape index (κ1) is 22.6. The summed E-state index contributed by atoms with van der Waals surface area (Å²) in [5.41, 5.74) is 4.42. The van der Waals surface area contributed by atoms with Crippen LogP contribution in [0.5, 0.6) is 0 Å². The fraction of sp³-hybridized carbons (Fsp3) is 0.292. The molecule has 1 aliphatic rings. The number of hydroxylamine groups is 1. The third kappa shape index (κ3) is 6.96. The zero-order valence-electron chi connectivity index (χ0n) is 17.8. The minimum absolute atomic E-state index is 0.0914. The molecular weight excluding hydrogens is 392 g/mol. The molecule has 1 saturated heterocycles. The number of nitrogens with zero attached hydrogens (tertiary/aromatic N) is 2. The van der Waals surface area contributed by atoms with E-state index < -0.39 is 5.91 Å². The fourth-order valence-electron chi connectivity index (χ4n) is 3.76. The molecule has 0 aliphatic carbocycles. The van der Waals surface area contributed by atoms with Crippen molar-refractivity contribution in [3.05, 3.63) is 77.1 Å². The number of carbonyl (C=O) groups is 2. The molecule has 162 valence electrons. The third-order valence-electron chi connectivity index (χ3n) is 4.96. The molecule has 2 atom stereocenters. The highest BCUT2D eigenvalue weighted by atomic mass is 16.5. The molecule has 7 nitrogen and oxygen atoms in total. The summed E-state index contributed by atoms with van der Waals surface area (Å²) in [6.07, 6.45) is 5.81. The van der Waals surface area contributed by atoms with E-state index in [2.05, 4.69) is 35.1 Å². The highest BCUT2D eigenvalue weighted by Gasteiger charge is 2.20. The van der Waals surface area contributed by atoms with Gasteiger partial charge in [0.25, 0.3) is 5.91 Å². The summed E-state index contributed by atoms with van der Waals surface area (Å²) in [6, 6.07) is 13.9. The summed E-state index contributed by atoms with van der Waals surface area (Å²) < 4.78 is 0. The quantitative estimate of drug-likeness (QED) is 0.276. The summed E-state index contributed by atoms with van der Waals surface area (Å²) in [6.45, 7) is 7.16. The first-order valence-electron chi connectivity index (χ1n) is 10.3. The van der Waals surface area contributed by atoms with Crippen molar-refractivity contribution in [3.8, 4) is 0 Å². The van der Waals surface area contributed by atoms with E-state index in [4.69, 9.17) is 5.21 Å². The van der Waals surface area contributed by atoms with Gasteiger partial charge in [0.05, 0.1) is 11.4 Å². The molecule has 3 rings (SSSR count). The van der Waals surface area contributed by atoms with Crippen LogP contribution in [0.4, 0.5) is 0 Å². The van der Waals surface area contributed by atoms with E-state index in [-0.39, 0.29) is 5.78 Å². The average Bonchev–Trinajstić information content (AvgIpc) is 2.75. The van der Waals surface area contributed by atoms with Crippen LogP contribution >= 0.6 is 0 Å². The van der Waals surface area contributed by atoms with Crippen LogP contribution in [0.3, 0.4) is 0 Å². The molecule has 1 amide bonds. The number of allylic oxidation sites excluding steroid dienone is 1. The zero-order valence-corrected chi connectivity index (χ0v) is 17.8. The molecule has 1 aromatic carbocycles.